The van der Waals surface area contributed by atoms with Gasteiger partial charge in [-0.2, -0.15) is 0 Å². The second kappa shape index (κ2) is 8.29. The molecule has 1 unspecified atom stereocenters. The van der Waals surface area contributed by atoms with Crippen molar-refractivity contribution in [3.8, 4) is 23.0 Å². The lowest BCUT2D eigenvalue weighted by Gasteiger charge is -2.26. The maximum absolute atomic E-state index is 12.1. The predicted molar refractivity (Wildman–Crippen MR) is 97.9 cm³/mol. The van der Waals surface area contributed by atoms with Crippen LogP contribution in [0.4, 0.5) is 0 Å². The van der Waals surface area contributed by atoms with Crippen molar-refractivity contribution >= 4 is 12.0 Å². The molecule has 2 aromatic rings. The van der Waals surface area contributed by atoms with Crippen LogP contribution in [0.5, 0.6) is 23.0 Å². The second-order valence-electron chi connectivity index (χ2n) is 5.72. The first kappa shape index (κ1) is 17.7. The van der Waals surface area contributed by atoms with E-state index in [1.54, 1.807) is 26.4 Å². The Bertz CT molecular complexity index is 780. The topological polar surface area (TPSA) is 66.0 Å². The number of carbonyl (C=O) groups excluding carboxylic acids is 1. The molecule has 0 saturated heterocycles. The third-order valence-corrected chi connectivity index (χ3v) is 3.87. The van der Waals surface area contributed by atoms with Crippen LogP contribution in [0.2, 0.25) is 0 Å². The number of rotatable bonds is 6. The number of hydrogen-bond donors (Lipinski definition) is 1. The van der Waals surface area contributed by atoms with E-state index in [2.05, 4.69) is 5.32 Å². The van der Waals surface area contributed by atoms with Gasteiger partial charge in [0, 0.05) is 12.1 Å². The van der Waals surface area contributed by atoms with Crippen molar-refractivity contribution in [3.05, 3.63) is 54.1 Å². The minimum atomic E-state index is -0.223. The summed E-state index contributed by atoms with van der Waals surface area (Å²) in [7, 11) is 3.17. The highest BCUT2D eigenvalue weighted by atomic mass is 16.6. The zero-order valence-corrected chi connectivity index (χ0v) is 14.7. The van der Waals surface area contributed by atoms with Crippen LogP contribution in [0.15, 0.2) is 48.5 Å². The lowest BCUT2D eigenvalue weighted by molar-refractivity contribution is -0.116. The maximum Gasteiger partial charge on any atom is 0.244 e. The minimum Gasteiger partial charge on any atom is -0.497 e. The molecule has 0 spiro atoms. The summed E-state index contributed by atoms with van der Waals surface area (Å²) >= 11 is 0. The fraction of sp³-hybridized carbons (Fsp3) is 0.250. The largest absolute Gasteiger partial charge is 0.497 e. The molecule has 0 aliphatic carbocycles. The number of amides is 1. The SMILES string of the molecule is COc1cc(/C=C/C(=O)NCC2COc3ccccc3O2)cc(OC)c1. The van der Waals surface area contributed by atoms with E-state index in [4.69, 9.17) is 18.9 Å². The molecule has 1 aliphatic heterocycles. The molecule has 2 aromatic carbocycles. The highest BCUT2D eigenvalue weighted by molar-refractivity contribution is 5.91. The zero-order chi connectivity index (χ0) is 18.4. The van der Waals surface area contributed by atoms with E-state index in [-0.39, 0.29) is 12.0 Å². The Kier molecular flexibility index (Phi) is 5.63. The van der Waals surface area contributed by atoms with Gasteiger partial charge >= 0.3 is 0 Å². The van der Waals surface area contributed by atoms with Crippen molar-refractivity contribution in [3.63, 3.8) is 0 Å². The van der Waals surface area contributed by atoms with Gasteiger partial charge in [-0.25, -0.2) is 0 Å². The molecule has 0 aromatic heterocycles. The Hall–Kier alpha value is -3.15. The molecule has 0 fully saturated rings. The average Bonchev–Trinajstić information content (AvgIpc) is 2.70. The number of methoxy groups -OCH3 is 2. The van der Waals surface area contributed by atoms with Gasteiger partial charge in [0.05, 0.1) is 20.8 Å². The number of nitrogens with one attached hydrogen (secondary N) is 1. The Morgan fingerprint density at radius 1 is 1.15 bits per heavy atom. The third-order valence-electron chi connectivity index (χ3n) is 3.87. The number of fused-ring (bicyclic) bond motifs is 1. The first-order valence-electron chi connectivity index (χ1n) is 8.25. The molecule has 26 heavy (non-hydrogen) atoms. The average molecular weight is 355 g/mol. The normalized spacial score (nSPS) is 15.5. The molecule has 1 heterocycles. The van der Waals surface area contributed by atoms with Gasteiger partial charge in [-0.3, -0.25) is 4.79 Å². The van der Waals surface area contributed by atoms with E-state index in [1.165, 1.54) is 6.08 Å². The molecule has 6 nitrogen and oxygen atoms in total. The number of hydrogen-bond acceptors (Lipinski definition) is 5. The quantitative estimate of drug-likeness (QED) is 0.807. The molecular formula is C20H21NO5. The fourth-order valence-corrected chi connectivity index (χ4v) is 2.53. The second-order valence-corrected chi connectivity index (χ2v) is 5.72. The van der Waals surface area contributed by atoms with Crippen molar-refractivity contribution in [2.45, 2.75) is 6.10 Å². The molecule has 1 aliphatic rings. The summed E-state index contributed by atoms with van der Waals surface area (Å²) in [6.45, 7) is 0.757. The Balaban J connectivity index is 1.54. The molecule has 0 radical (unpaired) electrons. The molecule has 1 amide bonds. The van der Waals surface area contributed by atoms with E-state index in [0.717, 1.165) is 11.3 Å². The van der Waals surface area contributed by atoms with E-state index in [9.17, 15) is 4.79 Å². The molecule has 1 atom stereocenters. The summed E-state index contributed by atoms with van der Waals surface area (Å²) in [6.07, 6.45) is 2.94. The molecule has 3 rings (SSSR count). The van der Waals surface area contributed by atoms with Gasteiger partial charge in [-0.1, -0.05) is 12.1 Å². The van der Waals surface area contributed by atoms with Crippen LogP contribution >= 0.6 is 0 Å². The van der Waals surface area contributed by atoms with Gasteiger partial charge in [0.15, 0.2) is 11.5 Å². The molecule has 1 N–H and O–H groups in total. The number of benzene rings is 2. The van der Waals surface area contributed by atoms with Gasteiger partial charge in [-0.05, 0) is 35.9 Å². The minimum absolute atomic E-state index is 0.214. The van der Waals surface area contributed by atoms with E-state index >= 15 is 0 Å². The lowest BCUT2D eigenvalue weighted by Crippen LogP contribution is -2.40. The summed E-state index contributed by atoms with van der Waals surface area (Å²) in [5, 5.41) is 2.82. The summed E-state index contributed by atoms with van der Waals surface area (Å²) in [4.78, 5) is 12.1. The summed E-state index contributed by atoms with van der Waals surface area (Å²) in [5.74, 6) is 2.53. The number of carbonyl (C=O) groups is 1. The van der Waals surface area contributed by atoms with Gasteiger partial charge in [0.25, 0.3) is 0 Å². The van der Waals surface area contributed by atoms with Gasteiger partial charge in [-0.15, -0.1) is 0 Å². The highest BCUT2D eigenvalue weighted by Gasteiger charge is 2.20. The highest BCUT2D eigenvalue weighted by Crippen LogP contribution is 2.30. The van der Waals surface area contributed by atoms with Gasteiger partial charge in [0.2, 0.25) is 5.91 Å². The fourth-order valence-electron chi connectivity index (χ4n) is 2.53. The van der Waals surface area contributed by atoms with Crippen LogP contribution in [0.3, 0.4) is 0 Å². The van der Waals surface area contributed by atoms with Crippen molar-refractivity contribution in [2.75, 3.05) is 27.4 Å². The van der Waals surface area contributed by atoms with E-state index in [0.29, 0.717) is 30.4 Å². The smallest absolute Gasteiger partial charge is 0.244 e. The molecule has 6 heteroatoms. The van der Waals surface area contributed by atoms with Crippen molar-refractivity contribution in [1.29, 1.82) is 0 Å². The summed E-state index contributed by atoms with van der Waals surface area (Å²) < 4.78 is 21.9. The van der Waals surface area contributed by atoms with E-state index < -0.39 is 0 Å². The Labute approximate surface area is 152 Å². The number of para-hydroxylation sites is 2. The summed E-state index contributed by atoms with van der Waals surface area (Å²) in [6, 6.07) is 12.9. The van der Waals surface area contributed by atoms with Gasteiger partial charge < -0.3 is 24.3 Å². The predicted octanol–water partition coefficient (Wildman–Crippen LogP) is 2.67. The molecule has 0 saturated carbocycles. The number of ether oxygens (including phenoxy) is 4. The first-order valence-corrected chi connectivity index (χ1v) is 8.25. The van der Waals surface area contributed by atoms with Crippen molar-refractivity contribution in [1.82, 2.24) is 5.32 Å². The van der Waals surface area contributed by atoms with Crippen LogP contribution in [0.25, 0.3) is 6.08 Å². The maximum atomic E-state index is 12.1. The van der Waals surface area contributed by atoms with Crippen molar-refractivity contribution < 1.29 is 23.7 Å². The third kappa shape index (κ3) is 4.47. The zero-order valence-electron chi connectivity index (χ0n) is 14.7. The molecule has 0 bridgehead atoms. The van der Waals surface area contributed by atoms with E-state index in [1.807, 2.05) is 36.4 Å². The Morgan fingerprint density at radius 2 is 1.85 bits per heavy atom. The van der Waals surface area contributed by atoms with Crippen LogP contribution in [0.1, 0.15) is 5.56 Å². The van der Waals surface area contributed by atoms with Crippen molar-refractivity contribution in [2.24, 2.45) is 0 Å². The molecule has 136 valence electrons. The van der Waals surface area contributed by atoms with Crippen LogP contribution in [-0.2, 0) is 4.79 Å². The summed E-state index contributed by atoms with van der Waals surface area (Å²) in [5.41, 5.74) is 0.808. The lowest BCUT2D eigenvalue weighted by atomic mass is 10.2. The van der Waals surface area contributed by atoms with Crippen LogP contribution < -0.4 is 24.3 Å². The van der Waals surface area contributed by atoms with Gasteiger partial charge in [0.1, 0.15) is 24.2 Å². The standard InChI is InChI=1S/C20H21NO5/c1-23-15-9-14(10-16(11-15)24-2)7-8-20(22)21-12-17-13-25-18-5-3-4-6-19(18)26-17/h3-11,17H,12-13H2,1-2H3,(H,21,22)/b8-7+. The monoisotopic (exact) mass is 355 g/mol. The first-order chi connectivity index (χ1) is 12.7. The molecular weight excluding hydrogens is 334 g/mol. The van der Waals surface area contributed by atoms with Crippen LogP contribution in [0, 0.1) is 0 Å². The Morgan fingerprint density at radius 3 is 2.54 bits per heavy atom. The van der Waals surface area contributed by atoms with Crippen LogP contribution in [-0.4, -0.2) is 39.4 Å².